The van der Waals surface area contributed by atoms with Gasteiger partial charge < -0.3 is 10.1 Å². The Balaban J connectivity index is 2.19. The molecule has 0 saturated heterocycles. The molecule has 0 aliphatic rings. The van der Waals surface area contributed by atoms with Gasteiger partial charge in [0, 0.05) is 22.0 Å². The second-order valence-corrected chi connectivity index (χ2v) is 5.64. The molecule has 0 aliphatic carbocycles. The highest BCUT2D eigenvalue weighted by Gasteiger charge is 2.09. The van der Waals surface area contributed by atoms with E-state index in [2.05, 4.69) is 45.3 Å². The smallest absolute Gasteiger partial charge is 0.131 e. The van der Waals surface area contributed by atoms with E-state index in [1.54, 1.807) is 11.3 Å². The van der Waals surface area contributed by atoms with Crippen LogP contribution in [0.5, 0.6) is 5.75 Å². The van der Waals surface area contributed by atoms with Crippen molar-refractivity contribution in [2.75, 3.05) is 7.05 Å². The van der Waals surface area contributed by atoms with Crippen LogP contribution in [0.2, 0.25) is 0 Å². The number of aryl methyl sites for hydroxylation is 1. The zero-order chi connectivity index (χ0) is 13.0. The standard InChI is InChI=1S/C13H15BrN2OS/c1-9-3-11(14)4-10(5-15-2)13(9)17-6-12-7-18-8-16-12/h3-4,7-8,15H,5-6H2,1-2H3. The van der Waals surface area contributed by atoms with Crippen LogP contribution in [-0.4, -0.2) is 12.0 Å². The van der Waals surface area contributed by atoms with Gasteiger partial charge in [0.15, 0.2) is 0 Å². The molecule has 1 N–H and O–H groups in total. The van der Waals surface area contributed by atoms with Crippen LogP contribution < -0.4 is 10.1 Å². The first kappa shape index (κ1) is 13.5. The van der Waals surface area contributed by atoms with Crippen molar-refractivity contribution in [2.45, 2.75) is 20.1 Å². The van der Waals surface area contributed by atoms with Crippen LogP contribution in [0.1, 0.15) is 16.8 Å². The molecule has 5 heteroatoms. The fourth-order valence-corrected chi connectivity index (χ4v) is 2.95. The van der Waals surface area contributed by atoms with Gasteiger partial charge in [0.05, 0.1) is 11.2 Å². The number of halogens is 1. The minimum atomic E-state index is 0.517. The minimum absolute atomic E-state index is 0.517. The number of nitrogens with one attached hydrogen (secondary N) is 1. The van der Waals surface area contributed by atoms with Gasteiger partial charge in [-0.25, -0.2) is 4.98 Å². The van der Waals surface area contributed by atoms with Crippen molar-refractivity contribution in [3.8, 4) is 5.75 Å². The van der Waals surface area contributed by atoms with Crippen molar-refractivity contribution in [1.82, 2.24) is 10.3 Å². The molecule has 1 aromatic heterocycles. The number of benzene rings is 1. The summed E-state index contributed by atoms with van der Waals surface area (Å²) in [5.74, 6) is 0.945. The molecule has 2 rings (SSSR count). The summed E-state index contributed by atoms with van der Waals surface area (Å²) in [6.45, 7) is 3.36. The second kappa shape index (κ2) is 6.31. The predicted molar refractivity (Wildman–Crippen MR) is 78.1 cm³/mol. The average molecular weight is 327 g/mol. The number of hydrogen-bond acceptors (Lipinski definition) is 4. The Kier molecular flexibility index (Phi) is 4.74. The third-order valence-corrected chi connectivity index (χ3v) is 3.62. The molecule has 96 valence electrons. The average Bonchev–Trinajstić information content (AvgIpc) is 2.81. The fourth-order valence-electron chi connectivity index (χ4n) is 1.78. The Morgan fingerprint density at radius 2 is 2.28 bits per heavy atom. The molecule has 1 heterocycles. The molecule has 2 aromatic rings. The second-order valence-electron chi connectivity index (χ2n) is 4.01. The monoisotopic (exact) mass is 326 g/mol. The summed E-state index contributed by atoms with van der Waals surface area (Å²) >= 11 is 5.10. The summed E-state index contributed by atoms with van der Waals surface area (Å²) in [5.41, 5.74) is 5.07. The van der Waals surface area contributed by atoms with Gasteiger partial charge in [-0.15, -0.1) is 11.3 Å². The summed E-state index contributed by atoms with van der Waals surface area (Å²) in [7, 11) is 1.93. The van der Waals surface area contributed by atoms with Gasteiger partial charge >= 0.3 is 0 Å². The highest BCUT2D eigenvalue weighted by molar-refractivity contribution is 9.10. The SMILES string of the molecule is CNCc1cc(Br)cc(C)c1OCc1cscn1. The summed E-state index contributed by atoms with van der Waals surface area (Å²) in [6, 6.07) is 4.15. The molecule has 0 radical (unpaired) electrons. The van der Waals surface area contributed by atoms with E-state index in [1.165, 1.54) is 0 Å². The number of nitrogens with zero attached hydrogens (tertiary/aromatic N) is 1. The van der Waals surface area contributed by atoms with Gasteiger partial charge in [0.2, 0.25) is 0 Å². The molecule has 18 heavy (non-hydrogen) atoms. The van der Waals surface area contributed by atoms with Gasteiger partial charge in [-0.05, 0) is 31.7 Å². The van der Waals surface area contributed by atoms with Crippen molar-refractivity contribution >= 4 is 27.3 Å². The Morgan fingerprint density at radius 1 is 1.44 bits per heavy atom. The molecule has 0 unspecified atom stereocenters. The van der Waals surface area contributed by atoms with Crippen LogP contribution in [0, 0.1) is 6.92 Å². The molecule has 0 aliphatic heterocycles. The molecular formula is C13H15BrN2OS. The number of ether oxygens (including phenoxy) is 1. The van der Waals surface area contributed by atoms with E-state index in [4.69, 9.17) is 4.74 Å². The van der Waals surface area contributed by atoms with Crippen LogP contribution in [0.3, 0.4) is 0 Å². The first-order chi connectivity index (χ1) is 8.70. The number of thiazole rings is 1. The Morgan fingerprint density at radius 3 is 2.94 bits per heavy atom. The van der Waals surface area contributed by atoms with Crippen molar-refractivity contribution in [2.24, 2.45) is 0 Å². The summed E-state index contributed by atoms with van der Waals surface area (Å²) in [5, 5.41) is 5.16. The largest absolute Gasteiger partial charge is 0.487 e. The zero-order valence-electron chi connectivity index (χ0n) is 10.4. The van der Waals surface area contributed by atoms with Gasteiger partial charge in [-0.1, -0.05) is 15.9 Å². The number of rotatable bonds is 5. The lowest BCUT2D eigenvalue weighted by Gasteiger charge is -2.14. The zero-order valence-corrected chi connectivity index (χ0v) is 12.8. The highest BCUT2D eigenvalue weighted by Crippen LogP contribution is 2.28. The minimum Gasteiger partial charge on any atom is -0.487 e. The molecule has 0 bridgehead atoms. The van der Waals surface area contributed by atoms with Crippen molar-refractivity contribution in [3.05, 3.63) is 44.3 Å². The number of hydrogen-bond donors (Lipinski definition) is 1. The summed E-state index contributed by atoms with van der Waals surface area (Å²) in [4.78, 5) is 4.22. The van der Waals surface area contributed by atoms with E-state index in [-0.39, 0.29) is 0 Å². The molecule has 0 fully saturated rings. The third-order valence-electron chi connectivity index (χ3n) is 2.53. The molecule has 3 nitrogen and oxygen atoms in total. The van der Waals surface area contributed by atoms with E-state index in [0.29, 0.717) is 6.61 Å². The summed E-state index contributed by atoms with van der Waals surface area (Å²) < 4.78 is 6.98. The van der Waals surface area contributed by atoms with Crippen LogP contribution in [-0.2, 0) is 13.2 Å². The Bertz CT molecular complexity index is 514. The van der Waals surface area contributed by atoms with E-state index < -0.39 is 0 Å². The first-order valence-corrected chi connectivity index (χ1v) is 7.37. The molecule has 0 atom stereocenters. The van der Waals surface area contributed by atoms with Gasteiger partial charge in [0.25, 0.3) is 0 Å². The third kappa shape index (κ3) is 3.31. The first-order valence-electron chi connectivity index (χ1n) is 5.64. The van der Waals surface area contributed by atoms with Crippen molar-refractivity contribution in [1.29, 1.82) is 0 Å². The van der Waals surface area contributed by atoms with Crippen molar-refractivity contribution < 1.29 is 4.74 Å². The van der Waals surface area contributed by atoms with E-state index in [1.807, 2.05) is 17.9 Å². The molecule has 0 amide bonds. The molecular weight excluding hydrogens is 312 g/mol. The highest BCUT2D eigenvalue weighted by atomic mass is 79.9. The maximum absolute atomic E-state index is 5.90. The molecule has 0 saturated carbocycles. The van der Waals surface area contributed by atoms with Gasteiger partial charge in [-0.3, -0.25) is 0 Å². The van der Waals surface area contributed by atoms with Gasteiger partial charge in [-0.2, -0.15) is 0 Å². The Hall–Kier alpha value is -0.910. The fraction of sp³-hybridized carbons (Fsp3) is 0.308. The van der Waals surface area contributed by atoms with Crippen molar-refractivity contribution in [3.63, 3.8) is 0 Å². The Labute approximate surface area is 119 Å². The molecule has 0 spiro atoms. The van der Waals surface area contributed by atoms with Crippen LogP contribution in [0.25, 0.3) is 0 Å². The maximum Gasteiger partial charge on any atom is 0.131 e. The number of aromatic nitrogens is 1. The van der Waals surface area contributed by atoms with Gasteiger partial charge in [0.1, 0.15) is 12.4 Å². The predicted octanol–water partition coefficient (Wildman–Crippen LogP) is 3.51. The summed E-state index contributed by atoms with van der Waals surface area (Å²) in [6.07, 6.45) is 0. The lowest BCUT2D eigenvalue weighted by Crippen LogP contribution is -2.08. The normalized spacial score (nSPS) is 10.6. The van der Waals surface area contributed by atoms with E-state index in [9.17, 15) is 0 Å². The lowest BCUT2D eigenvalue weighted by molar-refractivity contribution is 0.296. The van der Waals surface area contributed by atoms with E-state index >= 15 is 0 Å². The van der Waals surface area contributed by atoms with Crippen LogP contribution in [0.15, 0.2) is 27.5 Å². The lowest BCUT2D eigenvalue weighted by atomic mass is 10.1. The quantitative estimate of drug-likeness (QED) is 0.912. The van der Waals surface area contributed by atoms with Crippen LogP contribution >= 0.6 is 27.3 Å². The molecule has 1 aromatic carbocycles. The van der Waals surface area contributed by atoms with E-state index in [0.717, 1.165) is 33.6 Å². The maximum atomic E-state index is 5.90. The topological polar surface area (TPSA) is 34.1 Å². The van der Waals surface area contributed by atoms with Crippen LogP contribution in [0.4, 0.5) is 0 Å².